The first-order chi connectivity index (χ1) is 7.29. The third kappa shape index (κ3) is 3.81. The fourth-order valence-electron chi connectivity index (χ4n) is 1.22. The minimum Gasteiger partial charge on any atom is -0.490 e. The molecule has 84 valence electrons. The van der Waals surface area contributed by atoms with Crippen molar-refractivity contribution >= 4 is 15.9 Å². The third-order valence-corrected chi connectivity index (χ3v) is 2.57. The molecule has 15 heavy (non-hydrogen) atoms. The molecule has 0 radical (unpaired) electrons. The van der Waals surface area contributed by atoms with Crippen molar-refractivity contribution in [2.75, 3.05) is 19.8 Å². The van der Waals surface area contributed by atoms with Crippen molar-refractivity contribution in [2.45, 2.75) is 13.5 Å². The molecule has 3 nitrogen and oxygen atoms in total. The molecule has 0 amide bonds. The summed E-state index contributed by atoms with van der Waals surface area (Å²) in [6.07, 6.45) is 0. The van der Waals surface area contributed by atoms with Crippen LogP contribution in [-0.4, -0.2) is 19.8 Å². The van der Waals surface area contributed by atoms with Crippen molar-refractivity contribution in [1.82, 2.24) is 0 Å². The molecule has 0 aliphatic heterocycles. The molecule has 4 heteroatoms. The molecule has 0 heterocycles. The van der Waals surface area contributed by atoms with Crippen molar-refractivity contribution in [3.8, 4) is 5.75 Å². The summed E-state index contributed by atoms with van der Waals surface area (Å²) in [4.78, 5) is 0. The van der Waals surface area contributed by atoms with Crippen LogP contribution in [0.5, 0.6) is 5.75 Å². The Kier molecular flexibility index (Phi) is 5.68. The zero-order chi connectivity index (χ0) is 11.1. The quantitative estimate of drug-likeness (QED) is 0.810. The highest BCUT2D eigenvalue weighted by molar-refractivity contribution is 9.10. The predicted molar refractivity (Wildman–Crippen MR) is 64.0 cm³/mol. The molecule has 0 aliphatic carbocycles. The smallest absolute Gasteiger partial charge is 0.138 e. The molecular weight excluding hydrogens is 258 g/mol. The largest absolute Gasteiger partial charge is 0.490 e. The third-order valence-electron chi connectivity index (χ3n) is 1.95. The molecule has 0 unspecified atom stereocenters. The number of rotatable bonds is 6. The van der Waals surface area contributed by atoms with Crippen LogP contribution in [-0.2, 0) is 11.3 Å². The summed E-state index contributed by atoms with van der Waals surface area (Å²) in [7, 11) is 0. The van der Waals surface area contributed by atoms with E-state index in [2.05, 4.69) is 15.9 Å². The van der Waals surface area contributed by atoms with Crippen LogP contribution in [0.2, 0.25) is 0 Å². The maximum atomic E-state index is 5.62. The van der Waals surface area contributed by atoms with Crippen LogP contribution in [0.3, 0.4) is 0 Å². The van der Waals surface area contributed by atoms with E-state index in [0.717, 1.165) is 15.8 Å². The molecule has 0 aliphatic rings. The van der Waals surface area contributed by atoms with E-state index in [1.54, 1.807) is 0 Å². The number of halogens is 1. The van der Waals surface area contributed by atoms with E-state index < -0.39 is 0 Å². The lowest BCUT2D eigenvalue weighted by Gasteiger charge is -2.11. The topological polar surface area (TPSA) is 44.5 Å². The maximum absolute atomic E-state index is 5.62. The van der Waals surface area contributed by atoms with Gasteiger partial charge in [-0.15, -0.1) is 0 Å². The minimum absolute atomic E-state index is 0.476. The van der Waals surface area contributed by atoms with Gasteiger partial charge in [-0.05, 0) is 28.9 Å². The number of nitrogens with two attached hydrogens (primary N) is 1. The Balaban J connectivity index is 2.58. The zero-order valence-corrected chi connectivity index (χ0v) is 10.4. The van der Waals surface area contributed by atoms with Gasteiger partial charge in [0.1, 0.15) is 12.4 Å². The molecular formula is C11H16BrNO2. The molecule has 1 rings (SSSR count). The summed E-state index contributed by atoms with van der Waals surface area (Å²) in [6, 6.07) is 5.84. The second kappa shape index (κ2) is 6.82. The van der Waals surface area contributed by atoms with Gasteiger partial charge in [0, 0.05) is 18.7 Å². The second-order valence-corrected chi connectivity index (χ2v) is 3.83. The van der Waals surface area contributed by atoms with Crippen LogP contribution < -0.4 is 10.5 Å². The number of ether oxygens (including phenoxy) is 2. The molecule has 1 aromatic carbocycles. The van der Waals surface area contributed by atoms with Crippen LogP contribution >= 0.6 is 15.9 Å². The molecule has 1 aromatic rings. The van der Waals surface area contributed by atoms with Crippen molar-refractivity contribution in [3.05, 3.63) is 28.2 Å². The molecule has 0 atom stereocenters. The first kappa shape index (κ1) is 12.5. The Hall–Kier alpha value is -0.580. The van der Waals surface area contributed by atoms with E-state index >= 15 is 0 Å². The summed E-state index contributed by atoms with van der Waals surface area (Å²) in [5, 5.41) is 0. The average molecular weight is 274 g/mol. The summed E-state index contributed by atoms with van der Waals surface area (Å²) in [5.41, 5.74) is 6.62. The highest BCUT2D eigenvalue weighted by Gasteiger charge is 2.06. The van der Waals surface area contributed by atoms with Gasteiger partial charge in [0.25, 0.3) is 0 Å². The van der Waals surface area contributed by atoms with Gasteiger partial charge >= 0.3 is 0 Å². The Morgan fingerprint density at radius 1 is 1.33 bits per heavy atom. The number of benzene rings is 1. The van der Waals surface area contributed by atoms with Crippen molar-refractivity contribution in [2.24, 2.45) is 5.73 Å². The van der Waals surface area contributed by atoms with Gasteiger partial charge in [-0.3, -0.25) is 0 Å². The number of para-hydroxylation sites is 1. The van der Waals surface area contributed by atoms with E-state index in [4.69, 9.17) is 15.2 Å². The lowest BCUT2D eigenvalue weighted by molar-refractivity contribution is 0.109. The Bertz CT molecular complexity index is 305. The standard InChI is InChI=1S/C11H16BrNO2/c1-2-14-6-7-15-11-9(8-13)4-3-5-10(11)12/h3-5H,2,6-8,13H2,1H3. The van der Waals surface area contributed by atoms with Crippen LogP contribution in [0.1, 0.15) is 12.5 Å². The summed E-state index contributed by atoms with van der Waals surface area (Å²) >= 11 is 3.44. The average Bonchev–Trinajstić information content (AvgIpc) is 2.26. The van der Waals surface area contributed by atoms with Crippen molar-refractivity contribution in [3.63, 3.8) is 0 Å². The second-order valence-electron chi connectivity index (χ2n) is 2.98. The monoisotopic (exact) mass is 273 g/mol. The van der Waals surface area contributed by atoms with Crippen LogP contribution in [0.4, 0.5) is 0 Å². The zero-order valence-electron chi connectivity index (χ0n) is 8.83. The molecule has 2 N–H and O–H groups in total. The molecule has 0 bridgehead atoms. The van der Waals surface area contributed by atoms with E-state index in [0.29, 0.717) is 26.4 Å². The van der Waals surface area contributed by atoms with Gasteiger partial charge in [-0.25, -0.2) is 0 Å². The van der Waals surface area contributed by atoms with Crippen LogP contribution in [0.25, 0.3) is 0 Å². The van der Waals surface area contributed by atoms with E-state index in [1.807, 2.05) is 25.1 Å². The number of hydrogen-bond donors (Lipinski definition) is 1. The Labute approximate surface area is 98.7 Å². The normalized spacial score (nSPS) is 10.3. The maximum Gasteiger partial charge on any atom is 0.138 e. The summed E-state index contributed by atoms with van der Waals surface area (Å²) < 4.78 is 11.7. The fraction of sp³-hybridized carbons (Fsp3) is 0.455. The van der Waals surface area contributed by atoms with Gasteiger partial charge in [0.05, 0.1) is 11.1 Å². The lowest BCUT2D eigenvalue weighted by atomic mass is 10.2. The van der Waals surface area contributed by atoms with E-state index in [-0.39, 0.29) is 0 Å². The molecule has 0 aromatic heterocycles. The van der Waals surface area contributed by atoms with Gasteiger partial charge in [0.15, 0.2) is 0 Å². The molecule has 0 saturated carbocycles. The van der Waals surface area contributed by atoms with Crippen molar-refractivity contribution in [1.29, 1.82) is 0 Å². The predicted octanol–water partition coefficient (Wildman–Crippen LogP) is 2.32. The van der Waals surface area contributed by atoms with Gasteiger partial charge in [-0.2, -0.15) is 0 Å². The summed E-state index contributed by atoms with van der Waals surface area (Å²) in [5.74, 6) is 0.819. The van der Waals surface area contributed by atoms with Gasteiger partial charge in [-0.1, -0.05) is 12.1 Å². The Morgan fingerprint density at radius 3 is 2.80 bits per heavy atom. The lowest BCUT2D eigenvalue weighted by Crippen LogP contribution is -2.09. The first-order valence-corrected chi connectivity index (χ1v) is 5.77. The molecule has 0 spiro atoms. The number of hydrogen-bond acceptors (Lipinski definition) is 3. The molecule has 0 saturated heterocycles. The highest BCUT2D eigenvalue weighted by atomic mass is 79.9. The van der Waals surface area contributed by atoms with Crippen molar-refractivity contribution < 1.29 is 9.47 Å². The summed E-state index contributed by atoms with van der Waals surface area (Å²) in [6.45, 7) is 4.29. The van der Waals surface area contributed by atoms with E-state index in [9.17, 15) is 0 Å². The molecule has 0 fully saturated rings. The minimum atomic E-state index is 0.476. The SMILES string of the molecule is CCOCCOc1c(Br)cccc1CN. The van der Waals surface area contributed by atoms with Gasteiger partial charge < -0.3 is 15.2 Å². The van der Waals surface area contributed by atoms with E-state index in [1.165, 1.54) is 0 Å². The first-order valence-electron chi connectivity index (χ1n) is 4.97. The van der Waals surface area contributed by atoms with Crippen LogP contribution in [0.15, 0.2) is 22.7 Å². The Morgan fingerprint density at radius 2 is 2.13 bits per heavy atom. The van der Waals surface area contributed by atoms with Gasteiger partial charge in [0.2, 0.25) is 0 Å². The highest BCUT2D eigenvalue weighted by Crippen LogP contribution is 2.28. The fourth-order valence-corrected chi connectivity index (χ4v) is 1.74. The van der Waals surface area contributed by atoms with Crippen LogP contribution in [0, 0.1) is 0 Å².